The van der Waals surface area contributed by atoms with Gasteiger partial charge in [-0.1, -0.05) is 17.7 Å². The summed E-state index contributed by atoms with van der Waals surface area (Å²) in [5.74, 6) is -0.389. The van der Waals surface area contributed by atoms with E-state index in [0.717, 1.165) is 9.13 Å². The van der Waals surface area contributed by atoms with Crippen LogP contribution in [0.5, 0.6) is 0 Å². The lowest BCUT2D eigenvalue weighted by Crippen LogP contribution is -2.25. The summed E-state index contributed by atoms with van der Waals surface area (Å²) in [5, 5.41) is 11.7. The zero-order valence-corrected chi connectivity index (χ0v) is 10.2. The monoisotopic (exact) mass is 325 g/mol. The van der Waals surface area contributed by atoms with Gasteiger partial charge in [-0.05, 0) is 40.3 Å². The lowest BCUT2D eigenvalue weighted by atomic mass is 10.2. The predicted molar refractivity (Wildman–Crippen MR) is 63.1 cm³/mol. The summed E-state index contributed by atoms with van der Waals surface area (Å²) in [6.45, 7) is -0.103. The van der Waals surface area contributed by atoms with E-state index in [2.05, 4.69) is 27.9 Å². The van der Waals surface area contributed by atoms with E-state index in [0.29, 0.717) is 11.6 Å². The van der Waals surface area contributed by atoms with Crippen molar-refractivity contribution in [3.05, 3.63) is 32.4 Å². The number of aliphatic hydroxyl groups excluding tert-OH is 1. The first-order valence-electron chi connectivity index (χ1n) is 3.95. The van der Waals surface area contributed by atoms with Crippen molar-refractivity contribution in [1.82, 2.24) is 5.32 Å². The van der Waals surface area contributed by atoms with Gasteiger partial charge in [0, 0.05) is 10.1 Å². The molecule has 0 bridgehead atoms. The predicted octanol–water partition coefficient (Wildman–Crippen LogP) is 1.55. The van der Waals surface area contributed by atoms with Crippen LogP contribution in [-0.4, -0.2) is 17.6 Å². The number of rotatable bonds is 3. The van der Waals surface area contributed by atoms with Gasteiger partial charge < -0.3 is 10.4 Å². The Kier molecular flexibility index (Phi) is 4.64. The van der Waals surface area contributed by atoms with Crippen molar-refractivity contribution < 1.29 is 9.90 Å². The van der Waals surface area contributed by atoms with E-state index in [-0.39, 0.29) is 5.91 Å². The minimum atomic E-state index is -0.488. The maximum atomic E-state index is 10.7. The molecule has 0 aromatic heterocycles. The van der Waals surface area contributed by atoms with Gasteiger partial charge in [-0.25, -0.2) is 0 Å². The topological polar surface area (TPSA) is 49.3 Å². The third-order valence-electron chi connectivity index (χ3n) is 1.62. The molecule has 0 unspecified atom stereocenters. The first-order chi connectivity index (χ1) is 6.63. The zero-order chi connectivity index (χ0) is 10.6. The SMILES string of the molecule is O=C(CO)NCc1ccc(I)c(Cl)c1. The third kappa shape index (κ3) is 3.43. The fourth-order valence-corrected chi connectivity index (χ4v) is 1.44. The van der Waals surface area contributed by atoms with Crippen molar-refractivity contribution >= 4 is 40.1 Å². The van der Waals surface area contributed by atoms with Crippen molar-refractivity contribution in [2.75, 3.05) is 6.61 Å². The van der Waals surface area contributed by atoms with E-state index < -0.39 is 6.61 Å². The van der Waals surface area contributed by atoms with Gasteiger partial charge in [0.1, 0.15) is 6.61 Å². The molecular weight excluding hydrogens is 316 g/mol. The highest BCUT2D eigenvalue weighted by Crippen LogP contribution is 2.19. The molecule has 3 nitrogen and oxygen atoms in total. The molecule has 0 aliphatic carbocycles. The number of carbonyl (C=O) groups excluding carboxylic acids is 1. The first kappa shape index (κ1) is 11.7. The molecule has 14 heavy (non-hydrogen) atoms. The normalized spacial score (nSPS) is 9.93. The molecular formula is C9H9ClINO2. The molecule has 1 rings (SSSR count). The van der Waals surface area contributed by atoms with Crippen LogP contribution >= 0.6 is 34.2 Å². The Morgan fingerprint density at radius 2 is 2.29 bits per heavy atom. The number of amides is 1. The van der Waals surface area contributed by atoms with Crippen LogP contribution in [0.3, 0.4) is 0 Å². The van der Waals surface area contributed by atoms with Crippen molar-refractivity contribution in [2.24, 2.45) is 0 Å². The van der Waals surface area contributed by atoms with Crippen molar-refractivity contribution in [3.8, 4) is 0 Å². The fraction of sp³-hybridized carbons (Fsp3) is 0.222. The van der Waals surface area contributed by atoms with Crippen LogP contribution in [0.2, 0.25) is 5.02 Å². The van der Waals surface area contributed by atoms with Crippen LogP contribution in [-0.2, 0) is 11.3 Å². The summed E-state index contributed by atoms with van der Waals surface area (Å²) in [5.41, 5.74) is 0.914. The second-order valence-electron chi connectivity index (χ2n) is 2.68. The zero-order valence-electron chi connectivity index (χ0n) is 7.26. The molecule has 0 radical (unpaired) electrons. The molecule has 1 aromatic rings. The van der Waals surface area contributed by atoms with Crippen LogP contribution in [0.25, 0.3) is 0 Å². The number of nitrogens with one attached hydrogen (secondary N) is 1. The lowest BCUT2D eigenvalue weighted by Gasteiger charge is -2.04. The second kappa shape index (κ2) is 5.53. The first-order valence-corrected chi connectivity index (χ1v) is 5.40. The molecule has 5 heteroatoms. The van der Waals surface area contributed by atoms with Crippen molar-refractivity contribution in [2.45, 2.75) is 6.54 Å². The Hall–Kier alpha value is -0.330. The highest BCUT2D eigenvalue weighted by molar-refractivity contribution is 14.1. The molecule has 0 saturated carbocycles. The van der Waals surface area contributed by atoms with Crippen LogP contribution in [0.1, 0.15) is 5.56 Å². The number of hydrogen-bond acceptors (Lipinski definition) is 2. The summed E-state index contributed by atoms with van der Waals surface area (Å²) in [6.07, 6.45) is 0. The van der Waals surface area contributed by atoms with Crippen molar-refractivity contribution in [1.29, 1.82) is 0 Å². The summed E-state index contributed by atoms with van der Waals surface area (Å²) < 4.78 is 0.974. The van der Waals surface area contributed by atoms with E-state index >= 15 is 0 Å². The van der Waals surface area contributed by atoms with Gasteiger partial charge in [0.2, 0.25) is 5.91 Å². The summed E-state index contributed by atoms with van der Waals surface area (Å²) in [6, 6.07) is 5.55. The highest BCUT2D eigenvalue weighted by Gasteiger charge is 2.01. The quantitative estimate of drug-likeness (QED) is 0.829. The maximum Gasteiger partial charge on any atom is 0.245 e. The highest BCUT2D eigenvalue weighted by atomic mass is 127. The Labute approximate surface area is 101 Å². The molecule has 0 atom stereocenters. The van der Waals surface area contributed by atoms with Crippen LogP contribution < -0.4 is 5.32 Å². The van der Waals surface area contributed by atoms with Gasteiger partial charge in [0.25, 0.3) is 0 Å². The Morgan fingerprint density at radius 3 is 2.86 bits per heavy atom. The average molecular weight is 326 g/mol. The number of halogens is 2. The van der Waals surface area contributed by atoms with Gasteiger partial charge in [-0.15, -0.1) is 0 Å². The van der Waals surface area contributed by atoms with Crippen LogP contribution in [0.4, 0.5) is 0 Å². The largest absolute Gasteiger partial charge is 0.387 e. The summed E-state index contributed by atoms with van der Waals surface area (Å²) in [4.78, 5) is 10.7. The maximum absolute atomic E-state index is 10.7. The van der Waals surface area contributed by atoms with Crippen molar-refractivity contribution in [3.63, 3.8) is 0 Å². The van der Waals surface area contributed by atoms with Gasteiger partial charge in [0.05, 0.1) is 5.02 Å². The number of aliphatic hydroxyl groups is 1. The molecule has 0 fully saturated rings. The van der Waals surface area contributed by atoms with Crippen LogP contribution in [0, 0.1) is 3.57 Å². The Balaban J connectivity index is 2.60. The minimum absolute atomic E-state index is 0.385. The molecule has 0 saturated heterocycles. The number of hydrogen-bond donors (Lipinski definition) is 2. The summed E-state index contributed by atoms with van der Waals surface area (Å²) in [7, 11) is 0. The molecule has 2 N–H and O–H groups in total. The molecule has 0 spiro atoms. The lowest BCUT2D eigenvalue weighted by molar-refractivity contribution is -0.123. The summed E-state index contributed by atoms with van der Waals surface area (Å²) >= 11 is 8.02. The van der Waals surface area contributed by atoms with Gasteiger partial charge in [-0.3, -0.25) is 4.79 Å². The van der Waals surface area contributed by atoms with Gasteiger partial charge in [-0.2, -0.15) is 0 Å². The Morgan fingerprint density at radius 1 is 1.57 bits per heavy atom. The molecule has 1 amide bonds. The second-order valence-corrected chi connectivity index (χ2v) is 4.25. The smallest absolute Gasteiger partial charge is 0.245 e. The number of benzene rings is 1. The molecule has 0 heterocycles. The van der Waals surface area contributed by atoms with E-state index in [4.69, 9.17) is 16.7 Å². The average Bonchev–Trinajstić information content (AvgIpc) is 2.19. The molecule has 0 aliphatic rings. The fourth-order valence-electron chi connectivity index (χ4n) is 0.906. The molecule has 0 aliphatic heterocycles. The van der Waals surface area contributed by atoms with E-state index in [9.17, 15) is 4.79 Å². The van der Waals surface area contributed by atoms with Gasteiger partial charge in [0.15, 0.2) is 0 Å². The molecule has 1 aromatic carbocycles. The standard InChI is InChI=1S/C9H9ClINO2/c10-7-3-6(1-2-8(7)11)4-12-9(14)5-13/h1-3,13H,4-5H2,(H,12,14). The van der Waals surface area contributed by atoms with E-state index in [1.807, 2.05) is 12.1 Å². The van der Waals surface area contributed by atoms with E-state index in [1.54, 1.807) is 6.07 Å². The van der Waals surface area contributed by atoms with Crippen LogP contribution in [0.15, 0.2) is 18.2 Å². The third-order valence-corrected chi connectivity index (χ3v) is 3.19. The number of carbonyl (C=O) groups is 1. The molecule has 76 valence electrons. The van der Waals surface area contributed by atoms with Gasteiger partial charge >= 0.3 is 0 Å². The van der Waals surface area contributed by atoms with E-state index in [1.165, 1.54) is 0 Å². The Bertz CT molecular complexity index is 344. The minimum Gasteiger partial charge on any atom is -0.387 e.